The molecular weight excluding hydrogens is 258 g/mol. The zero-order valence-corrected chi connectivity index (χ0v) is 12.2. The molecule has 5 heteroatoms. The molecule has 0 heterocycles. The fourth-order valence-electron chi connectivity index (χ4n) is 1.71. The van der Waals surface area contributed by atoms with Crippen LogP contribution in [0.25, 0.3) is 0 Å². The number of nitrogens with zero attached hydrogens (tertiary/aromatic N) is 1. The van der Waals surface area contributed by atoms with E-state index < -0.39 is 10.3 Å². The highest BCUT2D eigenvalue weighted by Crippen LogP contribution is 2.24. The van der Waals surface area contributed by atoms with E-state index in [2.05, 4.69) is 0 Å². The number of carbonyl (C=O) groups is 1. The number of nitro groups is 1. The van der Waals surface area contributed by atoms with E-state index in [0.29, 0.717) is 12.2 Å². The van der Waals surface area contributed by atoms with Crippen LogP contribution in [0, 0.1) is 15.5 Å². The summed E-state index contributed by atoms with van der Waals surface area (Å²) in [6.45, 7) is 5.93. The Kier molecular flexibility index (Phi) is 5.67. The lowest BCUT2D eigenvalue weighted by Crippen LogP contribution is -2.31. The highest BCUT2D eigenvalue weighted by Gasteiger charge is 2.27. The predicted molar refractivity (Wildman–Crippen MR) is 76.9 cm³/mol. The number of nitro benzene ring substituents is 1. The number of hydrogen-bond acceptors (Lipinski definition) is 4. The van der Waals surface area contributed by atoms with Crippen LogP contribution in [-0.4, -0.2) is 17.3 Å². The van der Waals surface area contributed by atoms with Gasteiger partial charge in [0.1, 0.15) is 18.1 Å². The minimum atomic E-state index is -0.584. The standard InChI is InChI=1S/C15H21NO4/c1-4-5-9-14(17)15(2,3)11-20-13-8-6-7-12(10-13)16(18)19/h6-8,10H,4-5,9,11H2,1-3H3. The Morgan fingerprint density at radius 2 is 2.10 bits per heavy atom. The molecule has 110 valence electrons. The Morgan fingerprint density at radius 3 is 2.70 bits per heavy atom. The number of rotatable bonds is 8. The molecule has 20 heavy (non-hydrogen) atoms. The van der Waals surface area contributed by atoms with Crippen molar-refractivity contribution in [3.8, 4) is 5.75 Å². The van der Waals surface area contributed by atoms with Crippen LogP contribution in [0.2, 0.25) is 0 Å². The molecule has 0 saturated heterocycles. The van der Waals surface area contributed by atoms with Gasteiger partial charge in [0.05, 0.1) is 16.4 Å². The number of ketones is 1. The van der Waals surface area contributed by atoms with E-state index in [9.17, 15) is 14.9 Å². The molecular formula is C15H21NO4. The van der Waals surface area contributed by atoms with Crippen molar-refractivity contribution in [3.63, 3.8) is 0 Å². The van der Waals surface area contributed by atoms with Crippen LogP contribution >= 0.6 is 0 Å². The summed E-state index contributed by atoms with van der Waals surface area (Å²) < 4.78 is 5.54. The van der Waals surface area contributed by atoms with Crippen molar-refractivity contribution in [1.29, 1.82) is 0 Å². The lowest BCUT2D eigenvalue weighted by Gasteiger charge is -2.23. The van der Waals surface area contributed by atoms with Crippen molar-refractivity contribution in [3.05, 3.63) is 34.4 Å². The Balaban J connectivity index is 2.63. The normalized spacial score (nSPS) is 11.2. The van der Waals surface area contributed by atoms with Gasteiger partial charge in [0.25, 0.3) is 5.69 Å². The van der Waals surface area contributed by atoms with Gasteiger partial charge in [0.2, 0.25) is 0 Å². The first-order chi connectivity index (χ1) is 9.36. The molecule has 0 aliphatic carbocycles. The molecule has 1 aromatic carbocycles. The average Bonchev–Trinajstić information content (AvgIpc) is 2.42. The Bertz CT molecular complexity index is 483. The lowest BCUT2D eigenvalue weighted by molar-refractivity contribution is -0.384. The maximum absolute atomic E-state index is 12.0. The molecule has 5 nitrogen and oxygen atoms in total. The van der Waals surface area contributed by atoms with Crippen molar-refractivity contribution in [1.82, 2.24) is 0 Å². The van der Waals surface area contributed by atoms with Gasteiger partial charge in [-0.2, -0.15) is 0 Å². The smallest absolute Gasteiger partial charge is 0.273 e. The molecule has 0 unspecified atom stereocenters. The van der Waals surface area contributed by atoms with E-state index in [1.54, 1.807) is 12.1 Å². The molecule has 1 aromatic rings. The summed E-state index contributed by atoms with van der Waals surface area (Å²) in [5, 5.41) is 10.7. The van der Waals surface area contributed by atoms with E-state index in [0.717, 1.165) is 12.8 Å². The zero-order valence-electron chi connectivity index (χ0n) is 12.2. The van der Waals surface area contributed by atoms with Crippen molar-refractivity contribution in [2.75, 3.05) is 6.61 Å². The first-order valence-electron chi connectivity index (χ1n) is 6.77. The first-order valence-corrected chi connectivity index (χ1v) is 6.77. The van der Waals surface area contributed by atoms with Gasteiger partial charge in [0, 0.05) is 12.5 Å². The van der Waals surface area contributed by atoms with Gasteiger partial charge in [0.15, 0.2) is 0 Å². The van der Waals surface area contributed by atoms with Crippen LogP contribution in [0.15, 0.2) is 24.3 Å². The summed E-state index contributed by atoms with van der Waals surface area (Å²) in [6, 6.07) is 6.00. The third-order valence-corrected chi connectivity index (χ3v) is 3.14. The number of carbonyl (C=O) groups excluding carboxylic acids is 1. The van der Waals surface area contributed by atoms with E-state index in [1.165, 1.54) is 12.1 Å². The van der Waals surface area contributed by atoms with Crippen LogP contribution in [0.3, 0.4) is 0 Å². The second-order valence-electron chi connectivity index (χ2n) is 5.45. The van der Waals surface area contributed by atoms with Gasteiger partial charge in [-0.15, -0.1) is 0 Å². The maximum atomic E-state index is 12.0. The predicted octanol–water partition coefficient (Wildman–Crippen LogP) is 3.76. The number of ether oxygens (including phenoxy) is 1. The summed E-state index contributed by atoms with van der Waals surface area (Å²) in [6.07, 6.45) is 2.40. The molecule has 0 spiro atoms. The topological polar surface area (TPSA) is 69.4 Å². The van der Waals surface area contributed by atoms with E-state index in [-0.39, 0.29) is 18.1 Å². The molecule has 0 radical (unpaired) electrons. The highest BCUT2D eigenvalue weighted by atomic mass is 16.6. The Labute approximate surface area is 119 Å². The highest BCUT2D eigenvalue weighted by molar-refractivity contribution is 5.84. The summed E-state index contributed by atoms with van der Waals surface area (Å²) in [7, 11) is 0. The van der Waals surface area contributed by atoms with Crippen molar-refractivity contribution >= 4 is 11.5 Å². The van der Waals surface area contributed by atoms with Crippen LogP contribution in [-0.2, 0) is 4.79 Å². The molecule has 0 aromatic heterocycles. The number of benzene rings is 1. The van der Waals surface area contributed by atoms with E-state index in [1.807, 2.05) is 20.8 Å². The monoisotopic (exact) mass is 279 g/mol. The fraction of sp³-hybridized carbons (Fsp3) is 0.533. The molecule has 0 saturated carbocycles. The van der Waals surface area contributed by atoms with Crippen molar-refractivity contribution < 1.29 is 14.5 Å². The Morgan fingerprint density at radius 1 is 1.40 bits per heavy atom. The van der Waals surface area contributed by atoms with Gasteiger partial charge in [-0.3, -0.25) is 14.9 Å². The summed E-state index contributed by atoms with van der Waals surface area (Å²) >= 11 is 0. The summed E-state index contributed by atoms with van der Waals surface area (Å²) in [5.41, 5.74) is -0.600. The van der Waals surface area contributed by atoms with Crippen LogP contribution in [0.4, 0.5) is 5.69 Å². The third-order valence-electron chi connectivity index (χ3n) is 3.14. The van der Waals surface area contributed by atoms with Crippen molar-refractivity contribution in [2.24, 2.45) is 5.41 Å². The SMILES string of the molecule is CCCCC(=O)C(C)(C)COc1cccc([N+](=O)[O-])c1. The fourth-order valence-corrected chi connectivity index (χ4v) is 1.71. The van der Waals surface area contributed by atoms with Crippen LogP contribution in [0.5, 0.6) is 5.75 Å². The van der Waals surface area contributed by atoms with E-state index >= 15 is 0 Å². The molecule has 0 aliphatic rings. The second kappa shape index (κ2) is 7.03. The second-order valence-corrected chi connectivity index (χ2v) is 5.45. The first kappa shape index (κ1) is 16.1. The minimum absolute atomic E-state index is 0.0161. The largest absolute Gasteiger partial charge is 0.492 e. The molecule has 0 fully saturated rings. The molecule has 0 atom stereocenters. The summed E-state index contributed by atoms with van der Waals surface area (Å²) in [4.78, 5) is 22.2. The lowest BCUT2D eigenvalue weighted by atomic mass is 9.86. The van der Waals surface area contributed by atoms with Gasteiger partial charge in [-0.25, -0.2) is 0 Å². The average molecular weight is 279 g/mol. The van der Waals surface area contributed by atoms with Crippen LogP contribution in [0.1, 0.15) is 40.0 Å². The number of unbranched alkanes of at least 4 members (excludes halogenated alkanes) is 1. The quantitative estimate of drug-likeness (QED) is 0.536. The molecule has 1 rings (SSSR count). The summed E-state index contributed by atoms with van der Waals surface area (Å²) in [5.74, 6) is 0.570. The zero-order chi connectivity index (χ0) is 15.2. The number of Topliss-reactive ketones (excluding diaryl/α,β-unsaturated/α-hetero) is 1. The van der Waals surface area contributed by atoms with Gasteiger partial charge in [-0.05, 0) is 26.3 Å². The number of hydrogen-bond donors (Lipinski definition) is 0. The van der Waals surface area contributed by atoms with E-state index in [4.69, 9.17) is 4.74 Å². The minimum Gasteiger partial charge on any atom is -0.492 e. The third kappa shape index (κ3) is 4.64. The Hall–Kier alpha value is -1.91. The van der Waals surface area contributed by atoms with Gasteiger partial charge >= 0.3 is 0 Å². The van der Waals surface area contributed by atoms with Gasteiger partial charge in [-0.1, -0.05) is 19.4 Å². The molecule has 0 N–H and O–H groups in total. The molecule has 0 amide bonds. The molecule has 0 bridgehead atoms. The van der Waals surface area contributed by atoms with Crippen LogP contribution < -0.4 is 4.74 Å². The van der Waals surface area contributed by atoms with Crippen molar-refractivity contribution in [2.45, 2.75) is 40.0 Å². The maximum Gasteiger partial charge on any atom is 0.273 e. The molecule has 0 aliphatic heterocycles. The number of non-ortho nitro benzene ring substituents is 1. The van der Waals surface area contributed by atoms with Gasteiger partial charge < -0.3 is 4.74 Å².